The van der Waals surface area contributed by atoms with Gasteiger partial charge in [-0.2, -0.15) is 0 Å². The summed E-state index contributed by atoms with van der Waals surface area (Å²) in [7, 11) is 3.69. The van der Waals surface area contributed by atoms with Gasteiger partial charge in [0.2, 0.25) is 0 Å². The highest BCUT2D eigenvalue weighted by Crippen LogP contribution is 2.18. The number of nitrogens with two attached hydrogens (primary N) is 1. The molecule has 0 saturated heterocycles. The van der Waals surface area contributed by atoms with E-state index in [4.69, 9.17) is 5.73 Å². The zero-order chi connectivity index (χ0) is 11.4. The summed E-state index contributed by atoms with van der Waals surface area (Å²) >= 11 is 0. The van der Waals surface area contributed by atoms with Gasteiger partial charge in [-0.15, -0.1) is 0 Å². The summed E-state index contributed by atoms with van der Waals surface area (Å²) in [5, 5.41) is 3.03. The summed E-state index contributed by atoms with van der Waals surface area (Å²) in [5.41, 5.74) is 6.28. The number of amides is 1. The second-order valence-electron chi connectivity index (χ2n) is 3.35. The van der Waals surface area contributed by atoms with Crippen LogP contribution in [0.15, 0.2) is 12.1 Å². The van der Waals surface area contributed by atoms with Gasteiger partial charge in [0, 0.05) is 20.6 Å². The van der Waals surface area contributed by atoms with Crippen LogP contribution in [0, 0.1) is 0 Å². The third-order valence-electron chi connectivity index (χ3n) is 1.95. The number of aromatic nitrogens is 1. The van der Waals surface area contributed by atoms with Gasteiger partial charge in [-0.25, -0.2) is 4.98 Å². The van der Waals surface area contributed by atoms with Crippen molar-refractivity contribution in [3.63, 3.8) is 0 Å². The quantitative estimate of drug-likeness (QED) is 0.763. The highest BCUT2D eigenvalue weighted by atomic mass is 16.1. The summed E-state index contributed by atoms with van der Waals surface area (Å²) < 4.78 is 0. The fourth-order valence-electron chi connectivity index (χ4n) is 1.27. The molecule has 0 spiro atoms. The fraction of sp³-hybridized carbons (Fsp3) is 0.400. The van der Waals surface area contributed by atoms with Gasteiger partial charge in [0.15, 0.2) is 5.69 Å². The molecule has 1 heterocycles. The van der Waals surface area contributed by atoms with Crippen LogP contribution in [0.3, 0.4) is 0 Å². The molecule has 0 radical (unpaired) electrons. The molecule has 15 heavy (non-hydrogen) atoms. The number of nitrogens with zero attached hydrogens (tertiary/aromatic N) is 2. The van der Waals surface area contributed by atoms with Crippen molar-refractivity contribution in [2.75, 3.05) is 30.9 Å². The van der Waals surface area contributed by atoms with Crippen LogP contribution in [0.5, 0.6) is 0 Å². The lowest BCUT2D eigenvalue weighted by molar-refractivity contribution is 0.0996. The van der Waals surface area contributed by atoms with Gasteiger partial charge in [-0.1, -0.05) is 0 Å². The standard InChI is InChI=1S/C10H16N4O/c1-4-12-8-6-5-7(14(2)3)9(13-8)10(11)15/h5-6H,4H2,1-3H3,(H2,11,15)(H,12,13). The van der Waals surface area contributed by atoms with Gasteiger partial charge in [0.1, 0.15) is 5.82 Å². The topological polar surface area (TPSA) is 71.2 Å². The van der Waals surface area contributed by atoms with Crippen molar-refractivity contribution >= 4 is 17.4 Å². The Hall–Kier alpha value is -1.78. The Kier molecular flexibility index (Phi) is 3.49. The van der Waals surface area contributed by atoms with Crippen LogP contribution >= 0.6 is 0 Å². The van der Waals surface area contributed by atoms with Crippen molar-refractivity contribution in [1.82, 2.24) is 4.98 Å². The van der Waals surface area contributed by atoms with Crippen LogP contribution in [0.4, 0.5) is 11.5 Å². The van der Waals surface area contributed by atoms with E-state index in [1.165, 1.54) is 0 Å². The van der Waals surface area contributed by atoms with E-state index < -0.39 is 5.91 Å². The van der Waals surface area contributed by atoms with Crippen LogP contribution in [-0.2, 0) is 0 Å². The van der Waals surface area contributed by atoms with Gasteiger partial charge >= 0.3 is 0 Å². The Balaban J connectivity index is 3.15. The highest BCUT2D eigenvalue weighted by Gasteiger charge is 2.12. The molecule has 3 N–H and O–H groups in total. The van der Waals surface area contributed by atoms with Gasteiger partial charge < -0.3 is 16.0 Å². The first-order valence-corrected chi connectivity index (χ1v) is 4.78. The Labute approximate surface area is 89.3 Å². The molecule has 0 aromatic carbocycles. The van der Waals surface area contributed by atoms with Crippen LogP contribution in [0.2, 0.25) is 0 Å². The van der Waals surface area contributed by atoms with Gasteiger partial charge in [-0.05, 0) is 19.1 Å². The van der Waals surface area contributed by atoms with E-state index >= 15 is 0 Å². The van der Waals surface area contributed by atoms with Gasteiger partial charge in [0.05, 0.1) is 5.69 Å². The maximum atomic E-state index is 11.2. The van der Waals surface area contributed by atoms with Crippen molar-refractivity contribution in [3.8, 4) is 0 Å². The number of carbonyl (C=O) groups is 1. The zero-order valence-electron chi connectivity index (χ0n) is 9.24. The van der Waals surface area contributed by atoms with Crippen molar-refractivity contribution in [2.45, 2.75) is 6.92 Å². The van der Waals surface area contributed by atoms with E-state index in [1.54, 1.807) is 0 Å². The normalized spacial score (nSPS) is 9.80. The maximum absolute atomic E-state index is 11.2. The van der Waals surface area contributed by atoms with E-state index in [0.717, 1.165) is 12.2 Å². The lowest BCUT2D eigenvalue weighted by Crippen LogP contribution is -2.20. The number of nitrogens with one attached hydrogen (secondary N) is 1. The first kappa shape index (κ1) is 11.3. The molecular weight excluding hydrogens is 192 g/mol. The second kappa shape index (κ2) is 4.63. The number of primary amides is 1. The van der Waals surface area contributed by atoms with Crippen molar-refractivity contribution in [3.05, 3.63) is 17.8 Å². The smallest absolute Gasteiger partial charge is 0.269 e. The zero-order valence-corrected chi connectivity index (χ0v) is 9.24. The van der Waals surface area contributed by atoms with Crippen LogP contribution in [-0.4, -0.2) is 31.5 Å². The molecular formula is C10H16N4O. The third kappa shape index (κ3) is 2.59. The summed E-state index contributed by atoms with van der Waals surface area (Å²) in [4.78, 5) is 17.2. The second-order valence-corrected chi connectivity index (χ2v) is 3.35. The minimum absolute atomic E-state index is 0.290. The monoisotopic (exact) mass is 208 g/mol. The fourth-order valence-corrected chi connectivity index (χ4v) is 1.27. The average Bonchev–Trinajstić information content (AvgIpc) is 2.17. The molecule has 1 aromatic rings. The van der Waals surface area contributed by atoms with Gasteiger partial charge in [0.25, 0.3) is 5.91 Å². The molecule has 0 fully saturated rings. The minimum Gasteiger partial charge on any atom is -0.376 e. The van der Waals surface area contributed by atoms with E-state index in [2.05, 4.69) is 10.3 Å². The Bertz CT molecular complexity index is 362. The lowest BCUT2D eigenvalue weighted by atomic mass is 10.2. The Morgan fingerprint density at radius 2 is 2.20 bits per heavy atom. The summed E-state index contributed by atoms with van der Waals surface area (Å²) in [6, 6.07) is 3.65. The number of anilines is 2. The van der Waals surface area contributed by atoms with Crippen molar-refractivity contribution < 1.29 is 4.79 Å². The van der Waals surface area contributed by atoms with Gasteiger partial charge in [-0.3, -0.25) is 4.79 Å². The van der Waals surface area contributed by atoms with E-state index in [-0.39, 0.29) is 0 Å². The third-order valence-corrected chi connectivity index (χ3v) is 1.95. The molecule has 0 atom stereocenters. The largest absolute Gasteiger partial charge is 0.376 e. The summed E-state index contributed by atoms with van der Waals surface area (Å²) in [6.45, 7) is 2.72. The first-order chi connectivity index (χ1) is 7.06. The SMILES string of the molecule is CCNc1ccc(N(C)C)c(C(N)=O)n1. The molecule has 1 amide bonds. The number of hydrogen-bond acceptors (Lipinski definition) is 4. The molecule has 5 heteroatoms. The summed E-state index contributed by atoms with van der Waals surface area (Å²) in [5.74, 6) is 0.148. The molecule has 0 aliphatic rings. The molecule has 0 aliphatic carbocycles. The predicted molar refractivity (Wildman–Crippen MR) is 61.2 cm³/mol. The van der Waals surface area contributed by atoms with Crippen molar-refractivity contribution in [2.24, 2.45) is 5.73 Å². The van der Waals surface area contributed by atoms with E-state index in [1.807, 2.05) is 38.1 Å². The molecule has 0 bridgehead atoms. The maximum Gasteiger partial charge on any atom is 0.269 e. The first-order valence-electron chi connectivity index (χ1n) is 4.78. The molecule has 5 nitrogen and oxygen atoms in total. The molecule has 0 unspecified atom stereocenters. The molecule has 82 valence electrons. The molecule has 0 aliphatic heterocycles. The van der Waals surface area contributed by atoms with Crippen molar-refractivity contribution in [1.29, 1.82) is 0 Å². The Morgan fingerprint density at radius 1 is 1.53 bits per heavy atom. The number of rotatable bonds is 4. The number of pyridine rings is 1. The van der Waals surface area contributed by atoms with Crippen LogP contribution in [0.1, 0.15) is 17.4 Å². The molecule has 0 saturated carbocycles. The average molecular weight is 208 g/mol. The number of carbonyl (C=O) groups excluding carboxylic acids is 1. The van der Waals surface area contributed by atoms with E-state index in [9.17, 15) is 4.79 Å². The molecule has 1 rings (SSSR count). The minimum atomic E-state index is -0.515. The summed E-state index contributed by atoms with van der Waals surface area (Å²) in [6.07, 6.45) is 0. The van der Waals surface area contributed by atoms with Crippen LogP contribution < -0.4 is 16.0 Å². The lowest BCUT2D eigenvalue weighted by Gasteiger charge is -2.15. The highest BCUT2D eigenvalue weighted by molar-refractivity contribution is 5.97. The predicted octanol–water partition coefficient (Wildman–Crippen LogP) is 0.678. The van der Waals surface area contributed by atoms with Crippen LogP contribution in [0.25, 0.3) is 0 Å². The number of hydrogen-bond donors (Lipinski definition) is 2. The van der Waals surface area contributed by atoms with E-state index in [0.29, 0.717) is 11.5 Å². The Morgan fingerprint density at radius 3 is 2.67 bits per heavy atom. The molecule has 1 aromatic heterocycles.